The molecule has 0 spiro atoms. The zero-order valence-electron chi connectivity index (χ0n) is 8.78. The van der Waals surface area contributed by atoms with Crippen molar-refractivity contribution < 1.29 is 5.11 Å². The fourth-order valence-electron chi connectivity index (χ4n) is 1.31. The minimum absolute atomic E-state index is 0.364. The molecule has 1 aromatic carbocycles. The van der Waals surface area contributed by atoms with Gasteiger partial charge in [-0.25, -0.2) is 0 Å². The molecule has 1 N–H and O–H groups in total. The summed E-state index contributed by atoms with van der Waals surface area (Å²) in [7, 11) is 0. The molecule has 2 nitrogen and oxygen atoms in total. The minimum Gasteiger partial charge on any atom is -0.387 e. The molecule has 2 heteroatoms. The van der Waals surface area contributed by atoms with Crippen molar-refractivity contribution >= 4 is 0 Å². The third kappa shape index (κ3) is 2.12. The summed E-state index contributed by atoms with van der Waals surface area (Å²) < 4.78 is 0. The molecule has 0 saturated heterocycles. The lowest BCUT2D eigenvalue weighted by molar-refractivity contribution is 0.142. The molecule has 0 aromatic heterocycles. The zero-order valence-corrected chi connectivity index (χ0v) is 8.78. The second-order valence-corrected chi connectivity index (χ2v) is 3.71. The van der Waals surface area contributed by atoms with Crippen molar-refractivity contribution in [1.82, 2.24) is 0 Å². The van der Waals surface area contributed by atoms with Crippen LogP contribution in [-0.2, 0) is 0 Å². The third-order valence-electron chi connectivity index (χ3n) is 2.55. The highest BCUT2D eigenvalue weighted by atomic mass is 16.3. The topological polar surface area (TPSA) is 44.0 Å². The van der Waals surface area contributed by atoms with E-state index < -0.39 is 6.10 Å². The predicted molar refractivity (Wildman–Crippen MR) is 55.7 cm³/mol. The van der Waals surface area contributed by atoms with Crippen LogP contribution in [-0.4, -0.2) is 5.11 Å². The van der Waals surface area contributed by atoms with E-state index in [-0.39, 0.29) is 5.92 Å². The summed E-state index contributed by atoms with van der Waals surface area (Å²) in [6, 6.07) is 7.83. The lowest BCUT2D eigenvalue weighted by Gasteiger charge is -2.14. The van der Waals surface area contributed by atoms with Crippen LogP contribution in [0.15, 0.2) is 18.2 Å². The zero-order chi connectivity index (χ0) is 10.7. The van der Waals surface area contributed by atoms with E-state index in [1.165, 1.54) is 5.56 Å². The van der Waals surface area contributed by atoms with Crippen LogP contribution >= 0.6 is 0 Å². The third-order valence-corrected chi connectivity index (χ3v) is 2.55. The summed E-state index contributed by atoms with van der Waals surface area (Å²) >= 11 is 0. The van der Waals surface area contributed by atoms with Gasteiger partial charge >= 0.3 is 0 Å². The molecule has 0 fully saturated rings. The number of benzene rings is 1. The van der Waals surface area contributed by atoms with Gasteiger partial charge in [0.25, 0.3) is 0 Å². The second-order valence-electron chi connectivity index (χ2n) is 3.71. The van der Waals surface area contributed by atoms with Gasteiger partial charge in [-0.05, 0) is 37.5 Å². The van der Waals surface area contributed by atoms with Gasteiger partial charge in [-0.3, -0.25) is 0 Å². The number of rotatable bonds is 2. The molecule has 0 amide bonds. The largest absolute Gasteiger partial charge is 0.387 e. The van der Waals surface area contributed by atoms with Gasteiger partial charge in [-0.2, -0.15) is 5.26 Å². The molecular weight excluding hydrogens is 174 g/mol. The summed E-state index contributed by atoms with van der Waals surface area (Å²) in [4.78, 5) is 0. The van der Waals surface area contributed by atoms with Gasteiger partial charge in [0.2, 0.25) is 0 Å². The predicted octanol–water partition coefficient (Wildman–Crippen LogP) is 2.50. The molecule has 1 aromatic rings. The van der Waals surface area contributed by atoms with Crippen molar-refractivity contribution in [1.29, 1.82) is 5.26 Å². The Morgan fingerprint density at radius 3 is 2.43 bits per heavy atom. The van der Waals surface area contributed by atoms with Crippen LogP contribution in [0.5, 0.6) is 0 Å². The maximum absolute atomic E-state index is 9.78. The first-order chi connectivity index (χ1) is 6.56. The number of nitriles is 1. The van der Waals surface area contributed by atoms with Crippen LogP contribution in [0.4, 0.5) is 0 Å². The van der Waals surface area contributed by atoms with E-state index in [0.29, 0.717) is 0 Å². The van der Waals surface area contributed by atoms with Crippen LogP contribution in [0, 0.1) is 31.1 Å². The fraction of sp³-hybridized carbons (Fsp3) is 0.417. The van der Waals surface area contributed by atoms with Crippen LogP contribution in [0.3, 0.4) is 0 Å². The van der Waals surface area contributed by atoms with Gasteiger partial charge in [-0.1, -0.05) is 18.2 Å². The van der Waals surface area contributed by atoms with E-state index in [1.807, 2.05) is 38.1 Å². The number of nitrogens with zero attached hydrogens (tertiary/aromatic N) is 1. The lowest BCUT2D eigenvalue weighted by Crippen LogP contribution is -2.07. The standard InChI is InChI=1S/C12H15NO/c1-8-4-5-11(6-9(8)2)12(14)10(3)7-13/h4-6,10,12,14H,1-3H3. The van der Waals surface area contributed by atoms with Gasteiger partial charge in [0, 0.05) is 0 Å². The smallest absolute Gasteiger partial charge is 0.0945 e. The molecule has 0 bridgehead atoms. The SMILES string of the molecule is Cc1ccc(C(O)C(C)C#N)cc1C. The van der Waals surface area contributed by atoms with Gasteiger partial charge < -0.3 is 5.11 Å². The van der Waals surface area contributed by atoms with E-state index in [2.05, 4.69) is 0 Å². The van der Waals surface area contributed by atoms with E-state index in [1.54, 1.807) is 6.92 Å². The summed E-state index contributed by atoms with van der Waals surface area (Å²) in [5.74, 6) is -0.364. The van der Waals surface area contributed by atoms with E-state index in [9.17, 15) is 5.11 Å². The molecule has 0 aliphatic carbocycles. The number of aryl methyl sites for hydroxylation is 2. The monoisotopic (exact) mass is 189 g/mol. The molecular formula is C12H15NO. The highest BCUT2D eigenvalue weighted by Crippen LogP contribution is 2.23. The van der Waals surface area contributed by atoms with Crippen molar-refractivity contribution in [2.75, 3.05) is 0 Å². The van der Waals surface area contributed by atoms with Crippen LogP contribution in [0.25, 0.3) is 0 Å². The Labute approximate surface area is 84.8 Å². The van der Waals surface area contributed by atoms with Crippen LogP contribution in [0.1, 0.15) is 29.7 Å². The Morgan fingerprint density at radius 1 is 1.29 bits per heavy atom. The summed E-state index contributed by atoms with van der Waals surface area (Å²) in [5.41, 5.74) is 3.17. The van der Waals surface area contributed by atoms with E-state index in [0.717, 1.165) is 11.1 Å². The molecule has 0 aliphatic heterocycles. The van der Waals surface area contributed by atoms with Gasteiger partial charge in [0.15, 0.2) is 0 Å². The first-order valence-corrected chi connectivity index (χ1v) is 4.71. The molecule has 1 rings (SSSR count). The molecule has 2 unspecified atom stereocenters. The Morgan fingerprint density at radius 2 is 1.93 bits per heavy atom. The highest BCUT2D eigenvalue weighted by Gasteiger charge is 2.15. The molecule has 0 radical (unpaired) electrons. The normalized spacial score (nSPS) is 14.5. The van der Waals surface area contributed by atoms with E-state index >= 15 is 0 Å². The molecule has 14 heavy (non-hydrogen) atoms. The van der Waals surface area contributed by atoms with Gasteiger partial charge in [0.05, 0.1) is 18.1 Å². The molecule has 0 heterocycles. The first kappa shape index (κ1) is 10.7. The number of aliphatic hydroxyl groups is 1. The van der Waals surface area contributed by atoms with Gasteiger partial charge in [-0.15, -0.1) is 0 Å². The van der Waals surface area contributed by atoms with Crippen LogP contribution < -0.4 is 0 Å². The Balaban J connectivity index is 2.98. The average Bonchev–Trinajstić information content (AvgIpc) is 2.20. The molecule has 0 saturated carbocycles. The summed E-state index contributed by atoms with van der Waals surface area (Å²) in [6.45, 7) is 5.75. The number of aliphatic hydroxyl groups excluding tert-OH is 1. The molecule has 0 aliphatic rings. The lowest BCUT2D eigenvalue weighted by atomic mass is 9.96. The van der Waals surface area contributed by atoms with Crippen molar-refractivity contribution in [3.63, 3.8) is 0 Å². The van der Waals surface area contributed by atoms with Gasteiger partial charge in [0.1, 0.15) is 0 Å². The Bertz CT molecular complexity index is 365. The van der Waals surface area contributed by atoms with Crippen molar-refractivity contribution in [3.05, 3.63) is 34.9 Å². The number of hydrogen-bond donors (Lipinski definition) is 1. The summed E-state index contributed by atoms with van der Waals surface area (Å²) in [5, 5.41) is 18.5. The van der Waals surface area contributed by atoms with Crippen molar-refractivity contribution in [2.45, 2.75) is 26.9 Å². The van der Waals surface area contributed by atoms with Crippen molar-refractivity contribution in [3.8, 4) is 6.07 Å². The minimum atomic E-state index is -0.681. The molecule has 74 valence electrons. The first-order valence-electron chi connectivity index (χ1n) is 4.71. The van der Waals surface area contributed by atoms with Crippen molar-refractivity contribution in [2.24, 2.45) is 5.92 Å². The Hall–Kier alpha value is -1.33. The van der Waals surface area contributed by atoms with E-state index in [4.69, 9.17) is 5.26 Å². The second kappa shape index (κ2) is 4.26. The summed E-state index contributed by atoms with van der Waals surface area (Å²) in [6.07, 6.45) is -0.681. The molecule has 2 atom stereocenters. The highest BCUT2D eigenvalue weighted by molar-refractivity contribution is 5.31. The Kier molecular flexibility index (Phi) is 3.27. The average molecular weight is 189 g/mol. The maximum Gasteiger partial charge on any atom is 0.0945 e. The van der Waals surface area contributed by atoms with Crippen LogP contribution in [0.2, 0.25) is 0 Å². The fourth-order valence-corrected chi connectivity index (χ4v) is 1.31. The quantitative estimate of drug-likeness (QED) is 0.776. The maximum atomic E-state index is 9.78. The number of hydrogen-bond acceptors (Lipinski definition) is 2.